The van der Waals surface area contributed by atoms with Crippen LogP contribution in [0, 0.1) is 0 Å². The molecule has 0 radical (unpaired) electrons. The second-order valence-corrected chi connectivity index (χ2v) is 4.25. The molecule has 2 aromatic rings. The number of fused-ring (bicyclic) bond motifs is 1. The monoisotopic (exact) mass is 274 g/mol. The summed E-state index contributed by atoms with van der Waals surface area (Å²) in [7, 11) is 0. The quantitative estimate of drug-likeness (QED) is 0.855. The number of carboxylic acids is 1. The summed E-state index contributed by atoms with van der Waals surface area (Å²) in [5, 5.41) is 11.9. The van der Waals surface area contributed by atoms with E-state index in [4.69, 9.17) is 9.84 Å². The fraction of sp³-hybridized carbons (Fsp3) is 0.214. The molecule has 6 heteroatoms. The number of ether oxygens (including phenoxy) is 1. The largest absolute Gasteiger partial charge is 0.481 e. The first kappa shape index (κ1) is 13.8. The van der Waals surface area contributed by atoms with Gasteiger partial charge in [0.15, 0.2) is 6.61 Å². The number of carbonyl (C=O) groups excluding carboxylic acids is 1. The summed E-state index contributed by atoms with van der Waals surface area (Å²) in [5.74, 6) is -1.10. The molecular weight excluding hydrogens is 260 g/mol. The van der Waals surface area contributed by atoms with Gasteiger partial charge in [0.25, 0.3) is 5.91 Å². The fourth-order valence-corrected chi connectivity index (χ4v) is 1.68. The number of rotatable bonds is 5. The molecule has 0 fully saturated rings. The SMILES string of the molecule is CC(NC(=O)COc1cccc2cccnc12)C(=O)O. The van der Waals surface area contributed by atoms with Crippen molar-refractivity contribution in [3.8, 4) is 5.75 Å². The number of para-hydroxylation sites is 1. The number of nitrogens with zero attached hydrogens (tertiary/aromatic N) is 1. The minimum absolute atomic E-state index is 0.257. The van der Waals surface area contributed by atoms with Crippen molar-refractivity contribution in [3.05, 3.63) is 36.5 Å². The van der Waals surface area contributed by atoms with Crippen molar-refractivity contribution in [1.82, 2.24) is 10.3 Å². The third-order valence-electron chi connectivity index (χ3n) is 2.70. The molecule has 1 aromatic carbocycles. The molecule has 0 spiro atoms. The molecule has 2 rings (SSSR count). The Hall–Kier alpha value is -2.63. The van der Waals surface area contributed by atoms with Crippen molar-refractivity contribution >= 4 is 22.8 Å². The van der Waals surface area contributed by atoms with E-state index >= 15 is 0 Å². The number of nitrogens with one attached hydrogen (secondary N) is 1. The van der Waals surface area contributed by atoms with Crippen LogP contribution < -0.4 is 10.1 Å². The molecule has 0 saturated heterocycles. The van der Waals surface area contributed by atoms with Gasteiger partial charge in [0.1, 0.15) is 17.3 Å². The maximum absolute atomic E-state index is 11.5. The zero-order valence-corrected chi connectivity index (χ0v) is 10.9. The van der Waals surface area contributed by atoms with Gasteiger partial charge in [-0.15, -0.1) is 0 Å². The first-order valence-electron chi connectivity index (χ1n) is 6.06. The first-order chi connectivity index (χ1) is 9.58. The van der Waals surface area contributed by atoms with Crippen LogP contribution in [0.1, 0.15) is 6.92 Å². The van der Waals surface area contributed by atoms with E-state index in [0.717, 1.165) is 5.39 Å². The highest BCUT2D eigenvalue weighted by molar-refractivity contribution is 5.86. The molecular formula is C14H14N2O4. The minimum Gasteiger partial charge on any atom is -0.481 e. The Bertz CT molecular complexity index is 637. The number of benzene rings is 1. The smallest absolute Gasteiger partial charge is 0.325 e. The normalized spacial score (nSPS) is 11.8. The Balaban J connectivity index is 2.03. The summed E-state index contributed by atoms with van der Waals surface area (Å²) in [6.45, 7) is 1.13. The van der Waals surface area contributed by atoms with Gasteiger partial charge in [-0.1, -0.05) is 18.2 Å². The lowest BCUT2D eigenvalue weighted by atomic mass is 10.2. The molecule has 6 nitrogen and oxygen atoms in total. The summed E-state index contributed by atoms with van der Waals surface area (Å²) >= 11 is 0. The molecule has 1 unspecified atom stereocenters. The van der Waals surface area contributed by atoms with Gasteiger partial charge in [-0.3, -0.25) is 14.6 Å². The molecule has 1 atom stereocenters. The van der Waals surface area contributed by atoms with Gasteiger partial charge in [-0.25, -0.2) is 0 Å². The molecule has 0 aliphatic heterocycles. The van der Waals surface area contributed by atoms with Crippen molar-refractivity contribution in [2.75, 3.05) is 6.61 Å². The van der Waals surface area contributed by atoms with Crippen LogP contribution in [-0.2, 0) is 9.59 Å². The van der Waals surface area contributed by atoms with Gasteiger partial charge in [0, 0.05) is 11.6 Å². The molecule has 0 bridgehead atoms. The van der Waals surface area contributed by atoms with Crippen LogP contribution in [-0.4, -0.2) is 34.6 Å². The lowest BCUT2D eigenvalue weighted by Crippen LogP contribution is -2.40. The van der Waals surface area contributed by atoms with Gasteiger partial charge >= 0.3 is 5.97 Å². The van der Waals surface area contributed by atoms with E-state index < -0.39 is 17.9 Å². The highest BCUT2D eigenvalue weighted by atomic mass is 16.5. The second-order valence-electron chi connectivity index (χ2n) is 4.25. The average Bonchev–Trinajstić information content (AvgIpc) is 2.44. The zero-order valence-electron chi connectivity index (χ0n) is 10.9. The van der Waals surface area contributed by atoms with E-state index in [1.54, 1.807) is 18.3 Å². The van der Waals surface area contributed by atoms with Crippen LogP contribution in [0.4, 0.5) is 0 Å². The molecule has 0 aliphatic rings. The Morgan fingerprint density at radius 3 is 2.85 bits per heavy atom. The number of pyridine rings is 1. The van der Waals surface area contributed by atoms with Crippen LogP contribution in [0.5, 0.6) is 5.75 Å². The number of carboxylic acid groups (broad SMARTS) is 1. The Morgan fingerprint density at radius 2 is 2.10 bits per heavy atom. The molecule has 0 saturated carbocycles. The number of carbonyl (C=O) groups is 2. The minimum atomic E-state index is -1.09. The molecule has 1 amide bonds. The third-order valence-corrected chi connectivity index (χ3v) is 2.70. The molecule has 2 N–H and O–H groups in total. The van der Waals surface area contributed by atoms with Gasteiger partial charge < -0.3 is 15.2 Å². The number of hydrogen-bond acceptors (Lipinski definition) is 4. The van der Waals surface area contributed by atoms with E-state index in [1.807, 2.05) is 18.2 Å². The summed E-state index contributed by atoms with van der Waals surface area (Å²) in [5.41, 5.74) is 0.661. The fourth-order valence-electron chi connectivity index (χ4n) is 1.68. The third kappa shape index (κ3) is 3.23. The predicted molar refractivity (Wildman–Crippen MR) is 72.5 cm³/mol. The van der Waals surface area contributed by atoms with Crippen molar-refractivity contribution in [2.24, 2.45) is 0 Å². The maximum Gasteiger partial charge on any atom is 0.325 e. The van der Waals surface area contributed by atoms with Crippen molar-refractivity contribution in [2.45, 2.75) is 13.0 Å². The molecule has 1 heterocycles. The lowest BCUT2D eigenvalue weighted by Gasteiger charge is -2.11. The number of aliphatic carboxylic acids is 1. The summed E-state index contributed by atoms with van der Waals surface area (Å²) in [6.07, 6.45) is 1.64. The zero-order chi connectivity index (χ0) is 14.5. The van der Waals surface area contributed by atoms with Crippen molar-refractivity contribution in [3.63, 3.8) is 0 Å². The van der Waals surface area contributed by atoms with Crippen LogP contribution in [0.3, 0.4) is 0 Å². The topological polar surface area (TPSA) is 88.5 Å². The predicted octanol–water partition coefficient (Wildman–Crippen LogP) is 1.20. The van der Waals surface area contributed by atoms with Gasteiger partial charge in [0.05, 0.1) is 0 Å². The van der Waals surface area contributed by atoms with Crippen molar-refractivity contribution < 1.29 is 19.4 Å². The standard InChI is InChI=1S/C14H14N2O4/c1-9(14(18)19)16-12(17)8-20-11-6-2-4-10-5-3-7-15-13(10)11/h2-7,9H,8H2,1H3,(H,16,17)(H,18,19). The summed E-state index contributed by atoms with van der Waals surface area (Å²) < 4.78 is 5.39. The maximum atomic E-state index is 11.5. The van der Waals surface area contributed by atoms with Crippen LogP contribution in [0.2, 0.25) is 0 Å². The van der Waals surface area contributed by atoms with E-state index in [0.29, 0.717) is 11.3 Å². The highest BCUT2D eigenvalue weighted by Gasteiger charge is 2.14. The number of hydrogen-bond donors (Lipinski definition) is 2. The van der Waals surface area contributed by atoms with Crippen LogP contribution in [0.15, 0.2) is 36.5 Å². The Kier molecular flexibility index (Phi) is 4.14. The van der Waals surface area contributed by atoms with Gasteiger partial charge in [-0.2, -0.15) is 0 Å². The summed E-state index contributed by atoms with van der Waals surface area (Å²) in [6, 6.07) is 8.16. The number of amides is 1. The number of aromatic nitrogens is 1. The van der Waals surface area contributed by atoms with Gasteiger partial charge in [-0.05, 0) is 19.1 Å². The Labute approximate surface area is 115 Å². The van der Waals surface area contributed by atoms with E-state index in [-0.39, 0.29) is 6.61 Å². The van der Waals surface area contributed by atoms with Crippen LogP contribution >= 0.6 is 0 Å². The van der Waals surface area contributed by atoms with E-state index in [9.17, 15) is 9.59 Å². The first-order valence-corrected chi connectivity index (χ1v) is 6.06. The molecule has 1 aromatic heterocycles. The molecule has 20 heavy (non-hydrogen) atoms. The van der Waals surface area contributed by atoms with Gasteiger partial charge in [0.2, 0.25) is 0 Å². The lowest BCUT2D eigenvalue weighted by molar-refractivity contribution is -0.141. The second kappa shape index (κ2) is 6.01. The average molecular weight is 274 g/mol. The van der Waals surface area contributed by atoms with E-state index in [2.05, 4.69) is 10.3 Å². The highest BCUT2D eigenvalue weighted by Crippen LogP contribution is 2.22. The Morgan fingerprint density at radius 1 is 1.35 bits per heavy atom. The van der Waals surface area contributed by atoms with Crippen LogP contribution in [0.25, 0.3) is 10.9 Å². The summed E-state index contributed by atoms with van der Waals surface area (Å²) in [4.78, 5) is 26.4. The molecule has 104 valence electrons. The van der Waals surface area contributed by atoms with Crippen molar-refractivity contribution in [1.29, 1.82) is 0 Å². The van der Waals surface area contributed by atoms with E-state index in [1.165, 1.54) is 6.92 Å². The molecule has 0 aliphatic carbocycles.